The molecule has 2 aromatic rings. The van der Waals surface area contributed by atoms with Gasteiger partial charge in [-0.25, -0.2) is 5.43 Å². The maximum absolute atomic E-state index is 6.18. The van der Waals surface area contributed by atoms with Crippen LogP contribution in [-0.2, 0) is 0 Å². The number of hydrogen-bond acceptors (Lipinski definition) is 4. The maximum atomic E-state index is 6.18. The SMILES string of the molecule is CCOc1ccccc1C(NN)c1ncccc1Cl. The third-order valence-electron chi connectivity index (χ3n) is 2.76. The molecule has 0 aliphatic carbocycles. The molecule has 0 aliphatic rings. The predicted octanol–water partition coefficient (Wildman–Crippen LogP) is 2.69. The van der Waals surface area contributed by atoms with Gasteiger partial charge >= 0.3 is 0 Å². The lowest BCUT2D eigenvalue weighted by atomic mass is 10.0. The van der Waals surface area contributed by atoms with Crippen LogP contribution in [0, 0.1) is 0 Å². The largest absolute Gasteiger partial charge is 0.494 e. The Morgan fingerprint density at radius 1 is 1.32 bits per heavy atom. The quantitative estimate of drug-likeness (QED) is 0.652. The van der Waals surface area contributed by atoms with E-state index in [2.05, 4.69) is 10.4 Å². The minimum absolute atomic E-state index is 0.309. The molecule has 1 aromatic carbocycles. The first kappa shape index (κ1) is 13.8. The van der Waals surface area contributed by atoms with Crippen LogP contribution in [0.1, 0.15) is 24.2 Å². The highest BCUT2D eigenvalue weighted by Gasteiger charge is 2.20. The van der Waals surface area contributed by atoms with E-state index in [9.17, 15) is 0 Å². The van der Waals surface area contributed by atoms with Crippen LogP contribution >= 0.6 is 11.6 Å². The number of aromatic nitrogens is 1. The van der Waals surface area contributed by atoms with Gasteiger partial charge in [-0.2, -0.15) is 0 Å². The Labute approximate surface area is 117 Å². The summed E-state index contributed by atoms with van der Waals surface area (Å²) in [5.41, 5.74) is 4.34. The number of nitrogens with one attached hydrogen (secondary N) is 1. The van der Waals surface area contributed by atoms with E-state index in [4.69, 9.17) is 22.2 Å². The Hall–Kier alpha value is -1.62. The molecule has 0 aliphatic heterocycles. The second-order valence-corrected chi connectivity index (χ2v) is 4.35. The van der Waals surface area contributed by atoms with Gasteiger partial charge < -0.3 is 4.74 Å². The molecule has 1 aromatic heterocycles. The highest BCUT2D eigenvalue weighted by Crippen LogP contribution is 2.31. The second-order valence-electron chi connectivity index (χ2n) is 3.94. The molecule has 19 heavy (non-hydrogen) atoms. The van der Waals surface area contributed by atoms with Crippen molar-refractivity contribution >= 4 is 11.6 Å². The lowest BCUT2D eigenvalue weighted by molar-refractivity contribution is 0.333. The summed E-state index contributed by atoms with van der Waals surface area (Å²) < 4.78 is 5.61. The van der Waals surface area contributed by atoms with Crippen LogP contribution < -0.4 is 16.0 Å². The molecule has 3 N–H and O–H groups in total. The minimum atomic E-state index is -0.309. The summed E-state index contributed by atoms with van der Waals surface area (Å²) in [6.07, 6.45) is 1.69. The summed E-state index contributed by atoms with van der Waals surface area (Å²) in [4.78, 5) is 4.30. The average Bonchev–Trinajstić information content (AvgIpc) is 2.44. The molecule has 5 heteroatoms. The smallest absolute Gasteiger partial charge is 0.124 e. The van der Waals surface area contributed by atoms with E-state index >= 15 is 0 Å². The van der Waals surface area contributed by atoms with Crippen molar-refractivity contribution < 1.29 is 4.74 Å². The molecule has 1 atom stereocenters. The Kier molecular flexibility index (Phi) is 4.74. The minimum Gasteiger partial charge on any atom is -0.494 e. The van der Waals surface area contributed by atoms with Gasteiger partial charge in [0.1, 0.15) is 5.75 Å². The number of hydrogen-bond donors (Lipinski definition) is 2. The number of nitrogens with zero attached hydrogens (tertiary/aromatic N) is 1. The molecule has 0 fully saturated rings. The van der Waals surface area contributed by atoms with Gasteiger partial charge in [0.25, 0.3) is 0 Å². The zero-order valence-electron chi connectivity index (χ0n) is 10.6. The number of pyridine rings is 1. The van der Waals surface area contributed by atoms with Crippen LogP contribution in [0.15, 0.2) is 42.6 Å². The van der Waals surface area contributed by atoms with Crippen molar-refractivity contribution in [2.75, 3.05) is 6.61 Å². The van der Waals surface area contributed by atoms with E-state index in [1.165, 1.54) is 0 Å². The van der Waals surface area contributed by atoms with Crippen LogP contribution in [0.25, 0.3) is 0 Å². The molecule has 1 heterocycles. The van der Waals surface area contributed by atoms with Gasteiger partial charge in [-0.15, -0.1) is 0 Å². The van der Waals surface area contributed by atoms with Gasteiger partial charge in [-0.05, 0) is 25.1 Å². The summed E-state index contributed by atoms with van der Waals surface area (Å²) >= 11 is 6.18. The molecule has 0 saturated heterocycles. The van der Waals surface area contributed by atoms with E-state index in [-0.39, 0.29) is 6.04 Å². The van der Waals surface area contributed by atoms with Crippen molar-refractivity contribution in [2.45, 2.75) is 13.0 Å². The van der Waals surface area contributed by atoms with Crippen molar-refractivity contribution in [3.8, 4) is 5.75 Å². The van der Waals surface area contributed by atoms with Crippen LogP contribution in [0.2, 0.25) is 5.02 Å². The van der Waals surface area contributed by atoms with E-state index < -0.39 is 0 Å². The first-order valence-electron chi connectivity index (χ1n) is 6.06. The third-order valence-corrected chi connectivity index (χ3v) is 3.08. The maximum Gasteiger partial charge on any atom is 0.124 e. The van der Waals surface area contributed by atoms with Crippen molar-refractivity contribution in [3.05, 3.63) is 58.9 Å². The number of rotatable bonds is 5. The first-order valence-corrected chi connectivity index (χ1v) is 6.44. The van der Waals surface area contributed by atoms with E-state index in [0.29, 0.717) is 17.3 Å². The first-order chi connectivity index (χ1) is 9.27. The number of nitrogens with two attached hydrogens (primary N) is 1. The van der Waals surface area contributed by atoms with Crippen LogP contribution in [0.4, 0.5) is 0 Å². The molecule has 4 nitrogen and oxygen atoms in total. The standard InChI is InChI=1S/C14H16ClN3O/c1-2-19-12-8-4-3-6-10(12)13(18-16)14-11(15)7-5-9-17-14/h3-9,13,18H,2,16H2,1H3. The molecule has 100 valence electrons. The van der Waals surface area contributed by atoms with Gasteiger partial charge in [-0.3, -0.25) is 10.8 Å². The van der Waals surface area contributed by atoms with Gasteiger partial charge in [-0.1, -0.05) is 29.8 Å². The zero-order chi connectivity index (χ0) is 13.7. The molecule has 0 saturated carbocycles. The summed E-state index contributed by atoms with van der Waals surface area (Å²) in [6, 6.07) is 11.0. The monoisotopic (exact) mass is 277 g/mol. The lowest BCUT2D eigenvalue weighted by Crippen LogP contribution is -2.30. The molecule has 2 rings (SSSR count). The fourth-order valence-corrected chi connectivity index (χ4v) is 2.16. The average molecular weight is 278 g/mol. The number of ether oxygens (including phenoxy) is 1. The lowest BCUT2D eigenvalue weighted by Gasteiger charge is -2.20. The Balaban J connectivity index is 2.45. The van der Waals surface area contributed by atoms with Crippen molar-refractivity contribution in [1.82, 2.24) is 10.4 Å². The van der Waals surface area contributed by atoms with Gasteiger partial charge in [0.05, 0.1) is 23.4 Å². The van der Waals surface area contributed by atoms with Gasteiger partial charge in [0, 0.05) is 11.8 Å². The Morgan fingerprint density at radius 2 is 2.11 bits per heavy atom. The fraction of sp³-hybridized carbons (Fsp3) is 0.214. The second kappa shape index (κ2) is 6.52. The van der Waals surface area contributed by atoms with Crippen LogP contribution in [0.3, 0.4) is 0 Å². The molecule has 0 spiro atoms. The molecular weight excluding hydrogens is 262 g/mol. The third kappa shape index (κ3) is 3.04. The molecule has 0 radical (unpaired) electrons. The highest BCUT2D eigenvalue weighted by atomic mass is 35.5. The molecule has 0 bridgehead atoms. The predicted molar refractivity (Wildman–Crippen MR) is 76.0 cm³/mol. The highest BCUT2D eigenvalue weighted by molar-refractivity contribution is 6.31. The van der Waals surface area contributed by atoms with Crippen LogP contribution in [-0.4, -0.2) is 11.6 Å². The zero-order valence-corrected chi connectivity index (χ0v) is 11.4. The number of hydrazine groups is 1. The summed E-state index contributed by atoms with van der Waals surface area (Å²) in [7, 11) is 0. The molecular formula is C14H16ClN3O. The van der Waals surface area contributed by atoms with E-state index in [1.807, 2.05) is 31.2 Å². The van der Waals surface area contributed by atoms with Gasteiger partial charge in [0.15, 0.2) is 0 Å². The Morgan fingerprint density at radius 3 is 2.79 bits per heavy atom. The van der Waals surface area contributed by atoms with Crippen molar-refractivity contribution in [2.24, 2.45) is 5.84 Å². The normalized spacial score (nSPS) is 12.2. The van der Waals surface area contributed by atoms with Gasteiger partial charge in [0.2, 0.25) is 0 Å². The Bertz CT molecular complexity index is 548. The number of halogens is 1. The number of para-hydroxylation sites is 1. The molecule has 1 unspecified atom stereocenters. The summed E-state index contributed by atoms with van der Waals surface area (Å²) in [5.74, 6) is 6.44. The fourth-order valence-electron chi connectivity index (χ4n) is 1.93. The van der Waals surface area contributed by atoms with Crippen molar-refractivity contribution in [3.63, 3.8) is 0 Å². The van der Waals surface area contributed by atoms with Crippen LogP contribution in [0.5, 0.6) is 5.75 Å². The summed E-state index contributed by atoms with van der Waals surface area (Å²) in [6.45, 7) is 2.53. The van der Waals surface area contributed by atoms with Crippen molar-refractivity contribution in [1.29, 1.82) is 0 Å². The van der Waals surface area contributed by atoms with E-state index in [0.717, 1.165) is 11.3 Å². The van der Waals surface area contributed by atoms with E-state index in [1.54, 1.807) is 18.3 Å². The molecule has 0 amide bonds. The summed E-state index contributed by atoms with van der Waals surface area (Å²) in [5, 5.41) is 0.566. The topological polar surface area (TPSA) is 60.2 Å². The number of benzene rings is 1.